The summed E-state index contributed by atoms with van der Waals surface area (Å²) in [4.78, 5) is 14.3. The lowest BCUT2D eigenvalue weighted by atomic mass is 9.78. The first-order valence-electron chi connectivity index (χ1n) is 7.06. The van der Waals surface area contributed by atoms with Gasteiger partial charge in [-0.05, 0) is 42.9 Å². The van der Waals surface area contributed by atoms with Crippen LogP contribution in [0.2, 0.25) is 5.02 Å². The Morgan fingerprint density at radius 1 is 1.35 bits per heavy atom. The largest absolute Gasteiger partial charge is 0.338 e. The molecule has 1 aromatic carbocycles. The highest BCUT2D eigenvalue weighted by atomic mass is 35.5. The number of benzene rings is 1. The first kappa shape index (κ1) is 13.8. The van der Waals surface area contributed by atoms with Crippen LogP contribution in [-0.4, -0.2) is 29.9 Å². The second kappa shape index (κ2) is 5.34. The molecular formula is C15H18ClFN2O. The van der Waals surface area contributed by atoms with Gasteiger partial charge in [0.15, 0.2) is 0 Å². The fraction of sp³-hybridized carbons (Fsp3) is 0.533. The summed E-state index contributed by atoms with van der Waals surface area (Å²) in [6.45, 7) is 1.43. The molecule has 3 atom stereocenters. The van der Waals surface area contributed by atoms with Crippen LogP contribution >= 0.6 is 11.6 Å². The predicted octanol–water partition coefficient (Wildman–Crippen LogP) is 2.68. The fourth-order valence-electron chi connectivity index (χ4n) is 3.52. The number of carbonyl (C=O) groups is 1. The summed E-state index contributed by atoms with van der Waals surface area (Å²) in [5.41, 5.74) is 6.53. The van der Waals surface area contributed by atoms with E-state index < -0.39 is 5.82 Å². The van der Waals surface area contributed by atoms with Crippen LogP contribution in [0.25, 0.3) is 0 Å². The van der Waals surface area contributed by atoms with Crippen molar-refractivity contribution in [3.8, 4) is 0 Å². The van der Waals surface area contributed by atoms with Crippen molar-refractivity contribution >= 4 is 17.5 Å². The van der Waals surface area contributed by atoms with Gasteiger partial charge in [0.05, 0.1) is 10.6 Å². The van der Waals surface area contributed by atoms with Crippen LogP contribution in [0.5, 0.6) is 0 Å². The highest BCUT2D eigenvalue weighted by Crippen LogP contribution is 2.36. The number of halogens is 2. The molecule has 2 aliphatic rings. The topological polar surface area (TPSA) is 46.3 Å². The molecule has 1 heterocycles. The first-order valence-corrected chi connectivity index (χ1v) is 7.44. The van der Waals surface area contributed by atoms with Crippen molar-refractivity contribution in [3.05, 3.63) is 34.6 Å². The minimum Gasteiger partial charge on any atom is -0.338 e. The Balaban J connectivity index is 1.78. The smallest absolute Gasteiger partial charge is 0.255 e. The van der Waals surface area contributed by atoms with E-state index in [0.29, 0.717) is 23.9 Å². The van der Waals surface area contributed by atoms with Crippen LogP contribution in [0.3, 0.4) is 0 Å². The highest BCUT2D eigenvalue weighted by molar-refractivity contribution is 6.33. The van der Waals surface area contributed by atoms with Crippen LogP contribution < -0.4 is 5.73 Å². The monoisotopic (exact) mass is 296 g/mol. The number of rotatable bonds is 1. The summed E-state index contributed by atoms with van der Waals surface area (Å²) in [5.74, 6) is 0.356. The number of carbonyl (C=O) groups excluding carboxylic acids is 1. The second-order valence-electron chi connectivity index (χ2n) is 5.85. The van der Waals surface area contributed by atoms with Crippen molar-refractivity contribution in [1.29, 1.82) is 0 Å². The van der Waals surface area contributed by atoms with Crippen molar-refractivity contribution in [3.63, 3.8) is 0 Å². The van der Waals surface area contributed by atoms with Crippen molar-refractivity contribution in [2.45, 2.75) is 25.3 Å². The zero-order valence-corrected chi connectivity index (χ0v) is 11.9. The molecule has 1 aliphatic heterocycles. The van der Waals surface area contributed by atoms with E-state index in [-0.39, 0.29) is 17.0 Å². The maximum absolute atomic E-state index is 13.1. The molecule has 0 bridgehead atoms. The number of nitrogens with zero attached hydrogens (tertiary/aromatic N) is 1. The third-order valence-corrected chi connectivity index (χ3v) is 4.92. The molecule has 20 heavy (non-hydrogen) atoms. The number of amides is 1. The van der Waals surface area contributed by atoms with Gasteiger partial charge in [-0.15, -0.1) is 0 Å². The molecule has 0 spiro atoms. The van der Waals surface area contributed by atoms with E-state index in [1.807, 2.05) is 4.90 Å². The summed E-state index contributed by atoms with van der Waals surface area (Å²) < 4.78 is 13.1. The number of nitrogens with two attached hydrogens (primary N) is 1. The van der Waals surface area contributed by atoms with Gasteiger partial charge in [0.1, 0.15) is 5.82 Å². The van der Waals surface area contributed by atoms with E-state index in [2.05, 4.69) is 0 Å². The first-order chi connectivity index (χ1) is 9.56. The Morgan fingerprint density at radius 2 is 2.15 bits per heavy atom. The van der Waals surface area contributed by atoms with Crippen molar-refractivity contribution in [1.82, 2.24) is 4.90 Å². The molecule has 2 N–H and O–H groups in total. The van der Waals surface area contributed by atoms with Gasteiger partial charge in [0.2, 0.25) is 0 Å². The number of hydrogen-bond acceptors (Lipinski definition) is 2. The normalized spacial score (nSPS) is 29.4. The minimum atomic E-state index is -0.427. The minimum absolute atomic E-state index is 0.114. The summed E-state index contributed by atoms with van der Waals surface area (Å²) in [6.07, 6.45) is 3.32. The van der Waals surface area contributed by atoms with Gasteiger partial charge in [0.25, 0.3) is 5.91 Å². The molecule has 1 saturated heterocycles. The Morgan fingerprint density at radius 3 is 2.85 bits per heavy atom. The van der Waals surface area contributed by atoms with Gasteiger partial charge in [0, 0.05) is 19.1 Å². The second-order valence-corrected chi connectivity index (χ2v) is 6.26. The van der Waals surface area contributed by atoms with E-state index in [0.717, 1.165) is 25.8 Å². The van der Waals surface area contributed by atoms with Crippen LogP contribution in [0.1, 0.15) is 29.6 Å². The van der Waals surface area contributed by atoms with Gasteiger partial charge in [-0.2, -0.15) is 0 Å². The molecule has 3 rings (SSSR count). The van der Waals surface area contributed by atoms with E-state index in [9.17, 15) is 9.18 Å². The SMILES string of the molecule is NC1CCCC2CN(C(=O)c3ccc(F)cc3Cl)CC12. The zero-order chi connectivity index (χ0) is 14.3. The molecule has 1 aromatic rings. The molecule has 0 aromatic heterocycles. The third-order valence-electron chi connectivity index (χ3n) is 4.60. The van der Waals surface area contributed by atoms with E-state index in [4.69, 9.17) is 17.3 Å². The molecule has 2 fully saturated rings. The number of hydrogen-bond donors (Lipinski definition) is 1. The molecule has 108 valence electrons. The van der Waals surface area contributed by atoms with E-state index in [1.54, 1.807) is 0 Å². The van der Waals surface area contributed by atoms with Crippen LogP contribution in [0, 0.1) is 17.7 Å². The van der Waals surface area contributed by atoms with Gasteiger partial charge < -0.3 is 10.6 Å². The lowest BCUT2D eigenvalue weighted by Crippen LogP contribution is -2.38. The van der Waals surface area contributed by atoms with E-state index in [1.165, 1.54) is 18.2 Å². The van der Waals surface area contributed by atoms with Gasteiger partial charge in [-0.3, -0.25) is 4.79 Å². The summed E-state index contributed by atoms with van der Waals surface area (Å²) in [5, 5.41) is 0.175. The van der Waals surface area contributed by atoms with Gasteiger partial charge in [-0.25, -0.2) is 4.39 Å². The fourth-order valence-corrected chi connectivity index (χ4v) is 3.76. The molecule has 5 heteroatoms. The summed E-state index contributed by atoms with van der Waals surface area (Å²) in [7, 11) is 0. The molecule has 1 aliphatic carbocycles. The average Bonchev–Trinajstić information content (AvgIpc) is 2.83. The van der Waals surface area contributed by atoms with Crippen molar-refractivity contribution in [2.24, 2.45) is 17.6 Å². The Kier molecular flexibility index (Phi) is 3.69. The van der Waals surface area contributed by atoms with Crippen LogP contribution in [0.4, 0.5) is 4.39 Å². The van der Waals surface area contributed by atoms with Crippen LogP contribution in [0.15, 0.2) is 18.2 Å². The zero-order valence-electron chi connectivity index (χ0n) is 11.2. The Labute approximate surface area is 122 Å². The molecule has 1 saturated carbocycles. The molecule has 3 unspecified atom stereocenters. The molecule has 0 radical (unpaired) electrons. The van der Waals surface area contributed by atoms with E-state index >= 15 is 0 Å². The van der Waals surface area contributed by atoms with Crippen LogP contribution in [-0.2, 0) is 0 Å². The lowest BCUT2D eigenvalue weighted by molar-refractivity contribution is 0.0783. The summed E-state index contributed by atoms with van der Waals surface area (Å²) >= 11 is 5.97. The van der Waals surface area contributed by atoms with Gasteiger partial charge >= 0.3 is 0 Å². The molecular weight excluding hydrogens is 279 g/mol. The third kappa shape index (κ3) is 2.42. The van der Waals surface area contributed by atoms with Crippen molar-refractivity contribution < 1.29 is 9.18 Å². The number of fused-ring (bicyclic) bond motifs is 1. The molecule has 1 amide bonds. The maximum atomic E-state index is 13.1. The quantitative estimate of drug-likeness (QED) is 0.866. The lowest BCUT2D eigenvalue weighted by Gasteiger charge is -2.29. The Hall–Kier alpha value is -1.13. The van der Waals surface area contributed by atoms with Crippen molar-refractivity contribution in [2.75, 3.05) is 13.1 Å². The average molecular weight is 297 g/mol. The standard InChI is InChI=1S/C15H18ClFN2O/c16-13-6-10(17)4-5-11(13)15(20)19-7-9-2-1-3-14(18)12(9)8-19/h4-6,9,12,14H,1-3,7-8,18H2. The highest BCUT2D eigenvalue weighted by Gasteiger charge is 2.40. The number of likely N-dealkylation sites (tertiary alicyclic amines) is 1. The maximum Gasteiger partial charge on any atom is 0.255 e. The van der Waals surface area contributed by atoms with Gasteiger partial charge in [-0.1, -0.05) is 18.0 Å². The predicted molar refractivity (Wildman–Crippen MR) is 76.1 cm³/mol. The molecule has 3 nitrogen and oxygen atoms in total. The Bertz CT molecular complexity index is 537. The summed E-state index contributed by atoms with van der Waals surface area (Å²) in [6, 6.07) is 4.11.